The van der Waals surface area contributed by atoms with Crippen molar-refractivity contribution in [3.63, 3.8) is 0 Å². The number of rotatable bonds is 6. The van der Waals surface area contributed by atoms with Gasteiger partial charge in [0.15, 0.2) is 0 Å². The van der Waals surface area contributed by atoms with E-state index in [9.17, 15) is 9.59 Å². The predicted molar refractivity (Wildman–Crippen MR) is 123 cm³/mol. The molecule has 2 aliphatic heterocycles. The molecule has 0 aliphatic carbocycles. The molecule has 2 amide bonds. The summed E-state index contributed by atoms with van der Waals surface area (Å²) in [5.41, 5.74) is 3.59. The first-order chi connectivity index (χ1) is 14.8. The summed E-state index contributed by atoms with van der Waals surface area (Å²) >= 11 is 0. The molecule has 1 atom stereocenters. The molecule has 0 aromatic heterocycles. The summed E-state index contributed by atoms with van der Waals surface area (Å²) in [5, 5.41) is 3.42. The van der Waals surface area contributed by atoms with Crippen molar-refractivity contribution in [2.24, 2.45) is 0 Å². The Labute approximate surface area is 185 Å². The average Bonchev–Trinajstić information content (AvgIpc) is 3.27. The number of carbonyl (C=O) groups excluding carboxylic acids is 2. The summed E-state index contributed by atoms with van der Waals surface area (Å²) in [6, 6.07) is 16.5. The van der Waals surface area contributed by atoms with Crippen molar-refractivity contribution < 1.29 is 9.59 Å². The maximum atomic E-state index is 13.5. The lowest BCUT2D eigenvalue weighted by Crippen LogP contribution is -2.54. The molecule has 0 saturated carbocycles. The minimum atomic E-state index is -0.232. The van der Waals surface area contributed by atoms with Crippen LogP contribution in [0.15, 0.2) is 48.5 Å². The number of carbonyl (C=O) groups is 2. The van der Waals surface area contributed by atoms with E-state index in [-0.39, 0.29) is 23.4 Å². The number of likely N-dealkylation sites (N-methyl/N-ethyl adjacent to an activating group) is 1. The highest BCUT2D eigenvalue weighted by atomic mass is 16.2. The largest absolute Gasteiger partial charge is 0.348 e. The average molecular weight is 420 g/mol. The van der Waals surface area contributed by atoms with E-state index in [1.54, 1.807) is 4.90 Å². The molecule has 2 bridgehead atoms. The summed E-state index contributed by atoms with van der Waals surface area (Å²) < 4.78 is 0. The summed E-state index contributed by atoms with van der Waals surface area (Å²) in [6.07, 6.45) is 4.13. The first-order valence-electron chi connectivity index (χ1n) is 11.2. The molecule has 2 aromatic rings. The monoisotopic (exact) mass is 419 g/mol. The van der Waals surface area contributed by atoms with Crippen LogP contribution in [0.5, 0.6) is 0 Å². The van der Waals surface area contributed by atoms with Gasteiger partial charge in [-0.2, -0.15) is 0 Å². The number of nitrogens with one attached hydrogen (secondary N) is 1. The van der Waals surface area contributed by atoms with Gasteiger partial charge in [-0.25, -0.2) is 0 Å². The maximum Gasteiger partial charge on any atom is 0.252 e. The highest BCUT2D eigenvalue weighted by Crippen LogP contribution is 2.52. The SMILES string of the molecule is Cc1cccc(C)c1C(=O)NC(c1ccccc1)C12CCC(CC1)N2CC(=O)N(C)C. The topological polar surface area (TPSA) is 52.7 Å². The summed E-state index contributed by atoms with van der Waals surface area (Å²) in [7, 11) is 3.62. The van der Waals surface area contributed by atoms with Gasteiger partial charge in [-0.05, 0) is 56.2 Å². The predicted octanol–water partition coefficient (Wildman–Crippen LogP) is 3.86. The van der Waals surface area contributed by atoms with Crippen LogP contribution in [0, 0.1) is 13.8 Å². The van der Waals surface area contributed by atoms with E-state index in [0.717, 1.165) is 47.9 Å². The Morgan fingerprint density at radius 1 is 1.03 bits per heavy atom. The Hall–Kier alpha value is -2.66. The molecule has 2 saturated heterocycles. The molecule has 2 fully saturated rings. The molecular formula is C26H33N3O2. The molecule has 5 nitrogen and oxygen atoms in total. The Kier molecular flexibility index (Phi) is 5.89. The zero-order chi connectivity index (χ0) is 22.2. The van der Waals surface area contributed by atoms with Crippen molar-refractivity contribution in [3.8, 4) is 0 Å². The summed E-state index contributed by atoms with van der Waals surface area (Å²) in [6.45, 7) is 4.38. The van der Waals surface area contributed by atoms with Gasteiger partial charge < -0.3 is 10.2 Å². The van der Waals surface area contributed by atoms with E-state index < -0.39 is 0 Å². The zero-order valence-electron chi connectivity index (χ0n) is 19.0. The summed E-state index contributed by atoms with van der Waals surface area (Å²) in [4.78, 5) is 30.2. The van der Waals surface area contributed by atoms with Crippen LogP contribution in [-0.4, -0.2) is 53.8 Å². The van der Waals surface area contributed by atoms with Crippen LogP contribution in [0.25, 0.3) is 0 Å². The van der Waals surface area contributed by atoms with E-state index in [2.05, 4.69) is 22.3 Å². The fourth-order valence-corrected chi connectivity index (χ4v) is 5.64. The number of hydrogen-bond donors (Lipinski definition) is 1. The maximum absolute atomic E-state index is 13.5. The summed E-state index contributed by atoms with van der Waals surface area (Å²) in [5.74, 6) is 0.0825. The number of hydrogen-bond acceptors (Lipinski definition) is 3. The van der Waals surface area contributed by atoms with Gasteiger partial charge in [0.2, 0.25) is 5.91 Å². The lowest BCUT2D eigenvalue weighted by molar-refractivity contribution is -0.131. The van der Waals surface area contributed by atoms with Crippen LogP contribution in [0.1, 0.15) is 58.8 Å². The smallest absolute Gasteiger partial charge is 0.252 e. The minimum Gasteiger partial charge on any atom is -0.348 e. The van der Waals surface area contributed by atoms with E-state index in [1.807, 2.05) is 64.3 Å². The number of aryl methyl sites for hydroxylation is 2. The molecule has 2 aliphatic rings. The Morgan fingerprint density at radius 3 is 2.23 bits per heavy atom. The number of nitrogens with zero attached hydrogens (tertiary/aromatic N) is 2. The van der Waals surface area contributed by atoms with Gasteiger partial charge in [0.05, 0.1) is 12.6 Å². The number of fused-ring (bicyclic) bond motifs is 2. The lowest BCUT2D eigenvalue weighted by atomic mass is 9.78. The van der Waals surface area contributed by atoms with Crippen molar-refractivity contribution in [2.45, 2.75) is 57.2 Å². The van der Waals surface area contributed by atoms with Gasteiger partial charge in [0.1, 0.15) is 0 Å². The standard InChI is InChI=1S/C26H33N3O2/c1-18-9-8-10-19(2)23(18)25(31)27-24(20-11-6-5-7-12-20)26-15-13-21(14-16-26)29(26)17-22(30)28(3)4/h5-12,21,24H,13-17H2,1-4H3,(H,27,31). The van der Waals surface area contributed by atoms with Crippen molar-refractivity contribution in [1.29, 1.82) is 0 Å². The van der Waals surface area contributed by atoms with Crippen LogP contribution in [0.3, 0.4) is 0 Å². The molecule has 4 rings (SSSR count). The second kappa shape index (κ2) is 8.46. The fraction of sp³-hybridized carbons (Fsp3) is 0.462. The van der Waals surface area contributed by atoms with Crippen LogP contribution in [-0.2, 0) is 4.79 Å². The third-order valence-electron chi connectivity index (χ3n) is 7.29. The molecule has 0 spiro atoms. The van der Waals surface area contributed by atoms with Gasteiger partial charge in [0.25, 0.3) is 5.91 Å². The van der Waals surface area contributed by atoms with E-state index in [1.165, 1.54) is 0 Å². The molecule has 2 heterocycles. The van der Waals surface area contributed by atoms with Crippen LogP contribution < -0.4 is 5.32 Å². The molecule has 2 aromatic carbocycles. The third kappa shape index (κ3) is 3.87. The van der Waals surface area contributed by atoms with Crippen molar-refractivity contribution in [3.05, 3.63) is 70.8 Å². The third-order valence-corrected chi connectivity index (χ3v) is 7.29. The van der Waals surface area contributed by atoms with E-state index >= 15 is 0 Å². The van der Waals surface area contributed by atoms with Crippen LogP contribution >= 0.6 is 0 Å². The zero-order valence-corrected chi connectivity index (χ0v) is 19.0. The Balaban J connectivity index is 1.72. The van der Waals surface area contributed by atoms with Gasteiger partial charge in [-0.3, -0.25) is 14.5 Å². The molecular weight excluding hydrogens is 386 g/mol. The van der Waals surface area contributed by atoms with E-state index in [4.69, 9.17) is 0 Å². The lowest BCUT2D eigenvalue weighted by Gasteiger charge is -2.42. The molecule has 164 valence electrons. The minimum absolute atomic E-state index is 0.0342. The molecule has 31 heavy (non-hydrogen) atoms. The van der Waals surface area contributed by atoms with E-state index in [0.29, 0.717) is 12.6 Å². The highest BCUT2D eigenvalue weighted by Gasteiger charge is 2.56. The van der Waals surface area contributed by atoms with Gasteiger partial charge in [0, 0.05) is 31.2 Å². The van der Waals surface area contributed by atoms with Crippen LogP contribution in [0.2, 0.25) is 0 Å². The van der Waals surface area contributed by atoms with Gasteiger partial charge in [-0.15, -0.1) is 0 Å². The fourth-order valence-electron chi connectivity index (χ4n) is 5.64. The Morgan fingerprint density at radius 2 is 1.65 bits per heavy atom. The second-order valence-corrected chi connectivity index (χ2v) is 9.33. The first-order valence-corrected chi connectivity index (χ1v) is 11.2. The van der Waals surface area contributed by atoms with Gasteiger partial charge >= 0.3 is 0 Å². The normalized spacial score (nSPS) is 23.5. The quantitative estimate of drug-likeness (QED) is 0.774. The molecule has 1 N–H and O–H groups in total. The van der Waals surface area contributed by atoms with Gasteiger partial charge in [-0.1, -0.05) is 48.5 Å². The number of benzene rings is 2. The highest BCUT2D eigenvalue weighted by molar-refractivity contribution is 5.97. The van der Waals surface area contributed by atoms with Crippen LogP contribution in [0.4, 0.5) is 0 Å². The molecule has 5 heteroatoms. The van der Waals surface area contributed by atoms with Crippen molar-refractivity contribution in [1.82, 2.24) is 15.1 Å². The first kappa shape index (κ1) is 21.6. The van der Waals surface area contributed by atoms with Crippen molar-refractivity contribution in [2.75, 3.05) is 20.6 Å². The number of amides is 2. The Bertz CT molecular complexity index is 942. The molecule has 1 unspecified atom stereocenters. The van der Waals surface area contributed by atoms with Crippen molar-refractivity contribution >= 4 is 11.8 Å². The molecule has 0 radical (unpaired) electrons. The second-order valence-electron chi connectivity index (χ2n) is 9.33.